The molecule has 1 amide bonds. The Morgan fingerprint density at radius 1 is 1.39 bits per heavy atom. The maximum Gasteiger partial charge on any atom is 0.255 e. The zero-order chi connectivity index (χ0) is 13.5. The first-order chi connectivity index (χ1) is 8.33. The summed E-state index contributed by atoms with van der Waals surface area (Å²) in [5.41, 5.74) is -0.346. The molecule has 18 heavy (non-hydrogen) atoms. The highest BCUT2D eigenvalue weighted by Crippen LogP contribution is 2.31. The second-order valence-corrected chi connectivity index (χ2v) is 5.89. The van der Waals surface area contributed by atoms with Crippen molar-refractivity contribution in [3.8, 4) is 0 Å². The number of aliphatic hydroxyl groups is 1. The SMILES string of the molecule is CC(C)C1(O)CN(C(=O)c2ccc(Cl)cc2Cl)C1. The van der Waals surface area contributed by atoms with Gasteiger partial charge in [0.1, 0.15) is 5.60 Å². The van der Waals surface area contributed by atoms with Crippen molar-refractivity contribution in [2.45, 2.75) is 19.4 Å². The van der Waals surface area contributed by atoms with E-state index in [0.717, 1.165) is 0 Å². The minimum absolute atomic E-state index is 0.127. The summed E-state index contributed by atoms with van der Waals surface area (Å²) in [5, 5.41) is 11.0. The fourth-order valence-electron chi connectivity index (χ4n) is 1.96. The van der Waals surface area contributed by atoms with Crippen LogP contribution in [0.15, 0.2) is 18.2 Å². The summed E-state index contributed by atoms with van der Waals surface area (Å²) in [6, 6.07) is 4.79. The van der Waals surface area contributed by atoms with Crippen LogP contribution in [0.1, 0.15) is 24.2 Å². The Hall–Kier alpha value is -0.770. The lowest BCUT2D eigenvalue weighted by atomic mass is 9.82. The van der Waals surface area contributed by atoms with E-state index < -0.39 is 5.60 Å². The van der Waals surface area contributed by atoms with Gasteiger partial charge in [0.2, 0.25) is 0 Å². The van der Waals surface area contributed by atoms with E-state index >= 15 is 0 Å². The van der Waals surface area contributed by atoms with E-state index in [9.17, 15) is 9.90 Å². The lowest BCUT2D eigenvalue weighted by molar-refractivity contribution is -0.110. The van der Waals surface area contributed by atoms with E-state index in [-0.39, 0.29) is 11.8 Å². The zero-order valence-corrected chi connectivity index (χ0v) is 11.8. The van der Waals surface area contributed by atoms with Gasteiger partial charge in [-0.15, -0.1) is 0 Å². The first-order valence-electron chi connectivity index (χ1n) is 5.80. The van der Waals surface area contributed by atoms with Crippen LogP contribution in [0.5, 0.6) is 0 Å². The van der Waals surface area contributed by atoms with Gasteiger partial charge in [0, 0.05) is 5.02 Å². The average Bonchev–Trinajstić information content (AvgIpc) is 2.23. The van der Waals surface area contributed by atoms with Crippen LogP contribution in [0.25, 0.3) is 0 Å². The third-order valence-corrected chi connectivity index (χ3v) is 4.00. The number of benzene rings is 1. The second-order valence-electron chi connectivity index (χ2n) is 5.04. The van der Waals surface area contributed by atoms with Crippen LogP contribution >= 0.6 is 23.2 Å². The Kier molecular flexibility index (Phi) is 3.58. The fourth-order valence-corrected chi connectivity index (χ4v) is 2.45. The highest BCUT2D eigenvalue weighted by molar-refractivity contribution is 6.36. The van der Waals surface area contributed by atoms with Crippen molar-refractivity contribution >= 4 is 29.1 Å². The van der Waals surface area contributed by atoms with Crippen molar-refractivity contribution in [2.24, 2.45) is 5.92 Å². The van der Waals surface area contributed by atoms with Crippen molar-refractivity contribution in [2.75, 3.05) is 13.1 Å². The number of carbonyl (C=O) groups excluding carboxylic acids is 1. The van der Waals surface area contributed by atoms with Crippen molar-refractivity contribution in [1.82, 2.24) is 4.90 Å². The summed E-state index contributed by atoms with van der Waals surface area (Å²) in [6.07, 6.45) is 0. The summed E-state index contributed by atoms with van der Waals surface area (Å²) in [4.78, 5) is 13.7. The normalized spacial score (nSPS) is 17.8. The molecule has 1 aliphatic heterocycles. The number of hydrogen-bond acceptors (Lipinski definition) is 2. The minimum Gasteiger partial charge on any atom is -0.386 e. The predicted octanol–water partition coefficient (Wildman–Crippen LogP) is 2.84. The maximum absolute atomic E-state index is 12.2. The van der Waals surface area contributed by atoms with Crippen molar-refractivity contribution in [1.29, 1.82) is 0 Å². The van der Waals surface area contributed by atoms with E-state index in [4.69, 9.17) is 23.2 Å². The van der Waals surface area contributed by atoms with Crippen molar-refractivity contribution in [3.63, 3.8) is 0 Å². The minimum atomic E-state index is -0.769. The molecule has 1 aliphatic rings. The van der Waals surface area contributed by atoms with Crippen LogP contribution in [0, 0.1) is 5.92 Å². The lowest BCUT2D eigenvalue weighted by Gasteiger charge is -2.49. The number of nitrogens with zero attached hydrogens (tertiary/aromatic N) is 1. The molecule has 0 saturated carbocycles. The van der Waals surface area contributed by atoms with Crippen LogP contribution < -0.4 is 0 Å². The fraction of sp³-hybridized carbons (Fsp3) is 0.462. The van der Waals surface area contributed by atoms with Crippen LogP contribution in [-0.4, -0.2) is 34.6 Å². The average molecular weight is 288 g/mol. The van der Waals surface area contributed by atoms with Crippen molar-refractivity contribution < 1.29 is 9.90 Å². The van der Waals surface area contributed by atoms with E-state index in [2.05, 4.69) is 0 Å². The largest absolute Gasteiger partial charge is 0.386 e. The third-order valence-electron chi connectivity index (χ3n) is 3.45. The highest BCUT2D eigenvalue weighted by atomic mass is 35.5. The summed E-state index contributed by atoms with van der Waals surface area (Å²) in [6.45, 7) is 4.58. The summed E-state index contributed by atoms with van der Waals surface area (Å²) < 4.78 is 0. The molecule has 3 nitrogen and oxygen atoms in total. The topological polar surface area (TPSA) is 40.5 Å². The molecule has 0 unspecified atom stereocenters. The Morgan fingerprint density at radius 3 is 2.50 bits per heavy atom. The van der Waals surface area contributed by atoms with E-state index in [1.165, 1.54) is 0 Å². The Labute approximate surface area is 116 Å². The first-order valence-corrected chi connectivity index (χ1v) is 6.56. The molecule has 0 bridgehead atoms. The molecule has 1 N–H and O–H groups in total. The molecule has 1 heterocycles. The quantitative estimate of drug-likeness (QED) is 0.909. The molecule has 0 aromatic heterocycles. The molecule has 1 aromatic rings. The Bertz CT molecular complexity index is 482. The number of halogens is 2. The smallest absolute Gasteiger partial charge is 0.255 e. The van der Waals surface area contributed by atoms with E-state index in [0.29, 0.717) is 28.7 Å². The maximum atomic E-state index is 12.2. The molecule has 2 rings (SSSR count). The molecule has 1 aromatic carbocycles. The number of hydrogen-bond donors (Lipinski definition) is 1. The Balaban J connectivity index is 2.11. The molecule has 0 aliphatic carbocycles. The standard InChI is InChI=1S/C13H15Cl2NO2/c1-8(2)13(18)6-16(7-13)12(17)10-4-3-9(14)5-11(10)15/h3-5,8,18H,6-7H2,1-2H3. The van der Waals surface area contributed by atoms with Gasteiger partial charge in [0.05, 0.1) is 23.7 Å². The summed E-state index contributed by atoms with van der Waals surface area (Å²) in [5.74, 6) is -0.0377. The Morgan fingerprint density at radius 2 is 2.00 bits per heavy atom. The van der Waals surface area contributed by atoms with Gasteiger partial charge in [-0.05, 0) is 24.1 Å². The van der Waals surface area contributed by atoms with Gasteiger partial charge in [-0.1, -0.05) is 37.0 Å². The first kappa shape index (κ1) is 13.7. The van der Waals surface area contributed by atoms with Crippen LogP contribution in [0.4, 0.5) is 0 Å². The number of amides is 1. The van der Waals surface area contributed by atoms with Crippen molar-refractivity contribution in [3.05, 3.63) is 33.8 Å². The van der Waals surface area contributed by atoms with Crippen LogP contribution in [0.2, 0.25) is 10.0 Å². The second kappa shape index (κ2) is 4.72. The molecule has 0 spiro atoms. The molecular formula is C13H15Cl2NO2. The summed E-state index contributed by atoms with van der Waals surface area (Å²) >= 11 is 11.8. The number of carbonyl (C=O) groups is 1. The molecular weight excluding hydrogens is 273 g/mol. The van der Waals surface area contributed by atoms with Gasteiger partial charge >= 0.3 is 0 Å². The molecule has 0 radical (unpaired) electrons. The van der Waals surface area contributed by atoms with Gasteiger partial charge in [0.25, 0.3) is 5.91 Å². The predicted molar refractivity (Wildman–Crippen MR) is 72.2 cm³/mol. The summed E-state index contributed by atoms with van der Waals surface area (Å²) in [7, 11) is 0. The van der Waals surface area contributed by atoms with E-state index in [1.54, 1.807) is 23.1 Å². The van der Waals surface area contributed by atoms with Gasteiger partial charge in [-0.3, -0.25) is 4.79 Å². The molecule has 5 heteroatoms. The zero-order valence-electron chi connectivity index (χ0n) is 10.3. The van der Waals surface area contributed by atoms with E-state index in [1.807, 2.05) is 13.8 Å². The van der Waals surface area contributed by atoms with Gasteiger partial charge < -0.3 is 10.0 Å². The van der Waals surface area contributed by atoms with Crippen LogP contribution in [0.3, 0.4) is 0 Å². The third kappa shape index (κ3) is 2.35. The lowest BCUT2D eigenvalue weighted by Crippen LogP contribution is -2.65. The molecule has 1 saturated heterocycles. The number of β-amino-alcohol motifs (C(OH)–C–C–N with tert-alkyl or cyclic N) is 1. The monoisotopic (exact) mass is 287 g/mol. The highest BCUT2D eigenvalue weighted by Gasteiger charge is 2.46. The van der Waals surface area contributed by atoms with Gasteiger partial charge in [0.15, 0.2) is 0 Å². The van der Waals surface area contributed by atoms with Gasteiger partial charge in [-0.25, -0.2) is 0 Å². The molecule has 0 atom stereocenters. The number of rotatable bonds is 2. The molecule has 1 fully saturated rings. The number of likely N-dealkylation sites (tertiary alicyclic amines) is 1. The van der Waals surface area contributed by atoms with Gasteiger partial charge in [-0.2, -0.15) is 0 Å². The molecule has 98 valence electrons. The van der Waals surface area contributed by atoms with Crippen LogP contribution in [-0.2, 0) is 0 Å².